The minimum atomic E-state index is -1.63. The van der Waals surface area contributed by atoms with Gasteiger partial charge in [-0.25, -0.2) is 5.01 Å². The number of rotatable bonds is 11. The quantitative estimate of drug-likeness (QED) is 0.344. The number of aliphatic imine (C=N–C) groups is 2. The Morgan fingerprint density at radius 2 is 1.50 bits per heavy atom. The Balaban J connectivity index is 1.37. The van der Waals surface area contributed by atoms with Crippen molar-refractivity contribution < 1.29 is 18.9 Å². The Morgan fingerprint density at radius 1 is 0.909 bits per heavy atom. The van der Waals surface area contributed by atoms with Gasteiger partial charge in [-0.05, 0) is 23.6 Å². The molecule has 3 aliphatic rings. The zero-order chi connectivity index (χ0) is 30.6. The third kappa shape index (κ3) is 5.56. The molecule has 0 radical (unpaired) electrons. The number of hydrazone groups is 1. The van der Waals surface area contributed by atoms with Crippen LogP contribution in [-0.2, 0) is 38.8 Å². The van der Waals surface area contributed by atoms with Gasteiger partial charge in [0.25, 0.3) is 0 Å². The van der Waals surface area contributed by atoms with E-state index in [2.05, 4.69) is 21.2 Å². The highest BCUT2D eigenvalue weighted by molar-refractivity contribution is 6.42. The van der Waals surface area contributed by atoms with Gasteiger partial charge in [-0.15, -0.1) is 5.10 Å². The van der Waals surface area contributed by atoms with Gasteiger partial charge in [-0.2, -0.15) is 10.3 Å². The topological polar surface area (TPSA) is 153 Å². The van der Waals surface area contributed by atoms with Crippen molar-refractivity contribution in [3.8, 4) is 6.07 Å². The van der Waals surface area contributed by atoms with Gasteiger partial charge in [0.15, 0.2) is 11.7 Å². The molecular weight excluding hydrogens is 558 g/mol. The molecule has 11 heteroatoms. The Hall–Kier alpha value is -4.60. The minimum absolute atomic E-state index is 0.0361. The van der Waals surface area contributed by atoms with Crippen molar-refractivity contribution in [3.05, 3.63) is 108 Å². The monoisotopic (exact) mass is 593 g/mol. The van der Waals surface area contributed by atoms with E-state index in [1.807, 2.05) is 97.9 Å². The van der Waals surface area contributed by atoms with E-state index in [-0.39, 0.29) is 38.2 Å². The molecule has 0 spiro atoms. The van der Waals surface area contributed by atoms with Crippen LogP contribution in [0, 0.1) is 11.3 Å². The van der Waals surface area contributed by atoms with Gasteiger partial charge in [0.2, 0.25) is 11.6 Å². The first-order valence-electron chi connectivity index (χ1n) is 14.5. The van der Waals surface area contributed by atoms with E-state index in [4.69, 9.17) is 30.4 Å². The smallest absolute Gasteiger partial charge is 0.240 e. The summed E-state index contributed by atoms with van der Waals surface area (Å²) >= 11 is 0. The van der Waals surface area contributed by atoms with E-state index in [0.717, 1.165) is 16.7 Å². The van der Waals surface area contributed by atoms with Crippen LogP contribution in [0.25, 0.3) is 0 Å². The molecule has 1 unspecified atom stereocenters. The summed E-state index contributed by atoms with van der Waals surface area (Å²) in [5.74, 6) is 0.418. The highest BCUT2D eigenvalue weighted by atomic mass is 16.6. The van der Waals surface area contributed by atoms with Crippen LogP contribution in [0.3, 0.4) is 0 Å². The number of amidine groups is 2. The SMILES string of the molecule is C[C@@]1(OCc2ccccc2)[C@H](OCc2ccccc2)[C@@H](COCc2ccccc2)O[C@@]1(C#N)C1CN=C2C(N)=NC(N)=NN21. The van der Waals surface area contributed by atoms with E-state index < -0.39 is 29.5 Å². The lowest BCUT2D eigenvalue weighted by Crippen LogP contribution is -2.66. The average molecular weight is 594 g/mol. The maximum Gasteiger partial charge on any atom is 0.240 e. The van der Waals surface area contributed by atoms with Crippen molar-refractivity contribution in [1.29, 1.82) is 5.26 Å². The van der Waals surface area contributed by atoms with Crippen LogP contribution in [0.1, 0.15) is 23.6 Å². The number of ether oxygens (including phenoxy) is 4. The molecule has 6 rings (SSSR count). The van der Waals surface area contributed by atoms with Crippen LogP contribution in [0.5, 0.6) is 0 Å². The number of hydrogen-bond donors (Lipinski definition) is 2. The van der Waals surface area contributed by atoms with Crippen molar-refractivity contribution in [2.45, 2.75) is 56.2 Å². The third-order valence-electron chi connectivity index (χ3n) is 8.24. The van der Waals surface area contributed by atoms with Crippen molar-refractivity contribution in [3.63, 3.8) is 0 Å². The molecule has 3 aliphatic heterocycles. The molecule has 0 bridgehead atoms. The zero-order valence-electron chi connectivity index (χ0n) is 24.5. The molecule has 3 aromatic carbocycles. The first kappa shape index (κ1) is 29.5. The Morgan fingerprint density at radius 3 is 2.11 bits per heavy atom. The molecule has 5 atom stereocenters. The number of nitriles is 1. The van der Waals surface area contributed by atoms with Gasteiger partial charge in [-0.1, -0.05) is 91.0 Å². The summed E-state index contributed by atoms with van der Waals surface area (Å²) < 4.78 is 26.4. The summed E-state index contributed by atoms with van der Waals surface area (Å²) in [4.78, 5) is 8.65. The van der Waals surface area contributed by atoms with Gasteiger partial charge in [0.05, 0.1) is 33.0 Å². The maximum atomic E-state index is 11.1. The summed E-state index contributed by atoms with van der Waals surface area (Å²) in [5, 5.41) is 17.0. The van der Waals surface area contributed by atoms with Gasteiger partial charge >= 0.3 is 0 Å². The first-order chi connectivity index (χ1) is 21.4. The van der Waals surface area contributed by atoms with Crippen LogP contribution < -0.4 is 11.5 Å². The van der Waals surface area contributed by atoms with Crippen molar-refractivity contribution in [2.24, 2.45) is 26.6 Å². The average Bonchev–Trinajstić information content (AvgIpc) is 3.58. The summed E-state index contributed by atoms with van der Waals surface area (Å²) in [5.41, 5.74) is 12.1. The van der Waals surface area contributed by atoms with Crippen molar-refractivity contribution >= 4 is 17.6 Å². The Kier molecular flexibility index (Phi) is 8.41. The van der Waals surface area contributed by atoms with Crippen LogP contribution in [-0.4, -0.2) is 65.2 Å². The lowest BCUT2D eigenvalue weighted by Gasteiger charge is -2.44. The standard InChI is InChI=1S/C33H35N7O4/c1-32(43-20-25-15-9-4-10-16-25)28(42-19-24-13-7-3-8-14-24)26(21-41-18-23-11-5-2-6-12-23)44-33(32,22-34)27-17-37-30-29(35)38-31(36)39-40(27)30/h2-16,26-28H,17-21H2,1H3,(H4,35,36,38,39)/t26-,27?,28-,32-,33+/m1/s1. The lowest BCUT2D eigenvalue weighted by molar-refractivity contribution is -0.177. The number of guanidine groups is 1. The Labute approximate surface area is 256 Å². The molecule has 226 valence electrons. The molecule has 3 aromatic rings. The second-order valence-corrected chi connectivity index (χ2v) is 11.1. The Bertz CT molecular complexity index is 1580. The first-order valence-corrected chi connectivity index (χ1v) is 14.5. The molecular formula is C33H35N7O4. The number of nitrogens with two attached hydrogens (primary N) is 2. The molecule has 0 aliphatic carbocycles. The molecule has 4 N–H and O–H groups in total. The molecule has 11 nitrogen and oxygen atoms in total. The van der Waals surface area contributed by atoms with E-state index >= 15 is 0 Å². The molecule has 1 fully saturated rings. The van der Waals surface area contributed by atoms with Crippen molar-refractivity contribution in [2.75, 3.05) is 13.2 Å². The normalized spacial score (nSPS) is 27.7. The molecule has 0 saturated carbocycles. The van der Waals surface area contributed by atoms with E-state index in [9.17, 15) is 5.26 Å². The molecule has 0 aromatic heterocycles. The van der Waals surface area contributed by atoms with Crippen LogP contribution in [0.15, 0.2) is 106 Å². The van der Waals surface area contributed by atoms with Crippen LogP contribution in [0.4, 0.5) is 0 Å². The van der Waals surface area contributed by atoms with Gasteiger partial charge in [-0.3, -0.25) is 4.99 Å². The molecule has 0 amide bonds. The van der Waals surface area contributed by atoms with Crippen LogP contribution in [0.2, 0.25) is 0 Å². The van der Waals surface area contributed by atoms with Crippen LogP contribution >= 0.6 is 0 Å². The summed E-state index contributed by atoms with van der Waals surface area (Å²) in [6.45, 7) is 3.02. The van der Waals surface area contributed by atoms with E-state index in [1.54, 1.807) is 0 Å². The highest BCUT2D eigenvalue weighted by Gasteiger charge is 2.71. The second-order valence-electron chi connectivity index (χ2n) is 11.1. The fourth-order valence-electron chi connectivity index (χ4n) is 6.01. The number of fused-ring (bicyclic) bond motifs is 1. The highest BCUT2D eigenvalue weighted by Crippen LogP contribution is 2.49. The predicted molar refractivity (Wildman–Crippen MR) is 165 cm³/mol. The summed E-state index contributed by atoms with van der Waals surface area (Å²) in [6, 6.07) is 31.2. The lowest BCUT2D eigenvalue weighted by atomic mass is 9.76. The van der Waals surface area contributed by atoms with Gasteiger partial charge in [0.1, 0.15) is 29.9 Å². The minimum Gasteiger partial charge on any atom is -0.380 e. The summed E-state index contributed by atoms with van der Waals surface area (Å²) in [6.07, 6.45) is -1.40. The predicted octanol–water partition coefficient (Wildman–Crippen LogP) is 3.11. The van der Waals surface area contributed by atoms with Crippen molar-refractivity contribution in [1.82, 2.24) is 5.01 Å². The maximum absolute atomic E-state index is 11.1. The molecule has 1 saturated heterocycles. The second kappa shape index (κ2) is 12.6. The van der Waals surface area contributed by atoms with Gasteiger partial charge < -0.3 is 30.4 Å². The number of benzene rings is 3. The number of hydrogen-bond acceptors (Lipinski definition) is 11. The fraction of sp³-hybridized carbons (Fsp3) is 0.333. The third-order valence-corrected chi connectivity index (χ3v) is 8.24. The van der Waals surface area contributed by atoms with E-state index in [1.165, 1.54) is 5.01 Å². The zero-order valence-corrected chi connectivity index (χ0v) is 24.5. The molecule has 3 heterocycles. The molecule has 44 heavy (non-hydrogen) atoms. The number of nitrogens with zero attached hydrogens (tertiary/aromatic N) is 5. The summed E-state index contributed by atoms with van der Waals surface area (Å²) in [7, 11) is 0. The fourth-order valence-corrected chi connectivity index (χ4v) is 6.01. The largest absolute Gasteiger partial charge is 0.380 e. The van der Waals surface area contributed by atoms with E-state index in [0.29, 0.717) is 12.4 Å². The van der Waals surface area contributed by atoms with Gasteiger partial charge in [0, 0.05) is 0 Å².